The van der Waals surface area contributed by atoms with Crippen molar-refractivity contribution in [2.75, 3.05) is 0 Å². The van der Waals surface area contributed by atoms with E-state index in [-0.39, 0.29) is 0 Å². The number of hydrogen-bond acceptors (Lipinski definition) is 3. The first-order chi connectivity index (χ1) is 6.79. The fraction of sp³-hybridized carbons (Fsp3) is 0.833. The molecule has 0 aromatic carbocycles. The van der Waals surface area contributed by atoms with Gasteiger partial charge in [-0.3, -0.25) is 9.59 Å². The van der Waals surface area contributed by atoms with Crippen molar-refractivity contribution in [3.8, 4) is 0 Å². The molecule has 0 unspecified atom stereocenters. The van der Waals surface area contributed by atoms with E-state index in [1.165, 1.54) is 0 Å². The van der Waals surface area contributed by atoms with Crippen molar-refractivity contribution in [3.63, 3.8) is 0 Å². The van der Waals surface area contributed by atoms with Gasteiger partial charge in [0.2, 0.25) is 0 Å². The molecular formula is C12H22O3. The average Bonchev–Trinajstić information content (AvgIpc) is 2.14. The fourth-order valence-electron chi connectivity index (χ4n) is 0.843. The molecule has 0 aromatic heterocycles. The fourth-order valence-corrected chi connectivity index (χ4v) is 0.843. The van der Waals surface area contributed by atoms with Crippen molar-refractivity contribution in [3.05, 3.63) is 0 Å². The van der Waals surface area contributed by atoms with Crippen LogP contribution in [0.1, 0.15) is 53.9 Å². The van der Waals surface area contributed by atoms with E-state index in [0.29, 0.717) is 18.8 Å². The molecule has 0 aliphatic heterocycles. The van der Waals surface area contributed by atoms with Crippen LogP contribution in [-0.2, 0) is 14.3 Å². The Bertz CT molecular complexity index is 229. The second-order valence-electron chi connectivity index (χ2n) is 4.93. The van der Waals surface area contributed by atoms with Crippen molar-refractivity contribution in [2.24, 2.45) is 11.3 Å². The predicted octanol–water partition coefficient (Wildman–Crippen LogP) is 2.93. The van der Waals surface area contributed by atoms with Crippen molar-refractivity contribution in [2.45, 2.75) is 53.9 Å². The molecule has 3 nitrogen and oxygen atoms in total. The molecule has 88 valence electrons. The lowest BCUT2D eigenvalue weighted by Crippen LogP contribution is -2.28. The molecule has 0 fully saturated rings. The second kappa shape index (κ2) is 5.89. The summed E-state index contributed by atoms with van der Waals surface area (Å²) in [7, 11) is 0. The number of carbonyl (C=O) groups excluding carboxylic acids is 2. The lowest BCUT2D eigenvalue weighted by molar-refractivity contribution is -0.166. The summed E-state index contributed by atoms with van der Waals surface area (Å²) in [5, 5.41) is 0. The minimum absolute atomic E-state index is 0.323. The largest absolute Gasteiger partial charge is 0.393 e. The number of hydrogen-bond donors (Lipinski definition) is 0. The van der Waals surface area contributed by atoms with Gasteiger partial charge in [-0.2, -0.15) is 0 Å². The summed E-state index contributed by atoms with van der Waals surface area (Å²) in [6.45, 7) is 9.53. The highest BCUT2D eigenvalue weighted by Gasteiger charge is 2.28. The Morgan fingerprint density at radius 3 is 2.20 bits per heavy atom. The Labute approximate surface area is 92.2 Å². The van der Waals surface area contributed by atoms with Crippen LogP contribution in [0.15, 0.2) is 0 Å². The Balaban J connectivity index is 4.03. The Kier molecular flexibility index (Phi) is 5.55. The van der Waals surface area contributed by atoms with Crippen LogP contribution in [0.25, 0.3) is 0 Å². The molecule has 15 heavy (non-hydrogen) atoms. The van der Waals surface area contributed by atoms with E-state index in [0.717, 1.165) is 6.42 Å². The minimum Gasteiger partial charge on any atom is -0.393 e. The molecule has 0 aromatic rings. The van der Waals surface area contributed by atoms with Gasteiger partial charge in [-0.25, -0.2) is 0 Å². The zero-order valence-corrected chi connectivity index (χ0v) is 10.4. The summed E-state index contributed by atoms with van der Waals surface area (Å²) in [5.41, 5.74) is -0.562. The van der Waals surface area contributed by atoms with E-state index >= 15 is 0 Å². The smallest absolute Gasteiger partial charge is 0.319 e. The Morgan fingerprint density at radius 1 is 1.27 bits per heavy atom. The molecule has 0 rings (SSSR count). The first kappa shape index (κ1) is 14.1. The maximum absolute atomic E-state index is 11.5. The van der Waals surface area contributed by atoms with E-state index in [4.69, 9.17) is 4.74 Å². The van der Waals surface area contributed by atoms with Crippen LogP contribution >= 0.6 is 0 Å². The summed E-state index contributed by atoms with van der Waals surface area (Å²) in [4.78, 5) is 22.8. The van der Waals surface area contributed by atoms with E-state index < -0.39 is 17.4 Å². The van der Waals surface area contributed by atoms with Crippen molar-refractivity contribution in [1.82, 2.24) is 0 Å². The number of rotatable bonds is 5. The van der Waals surface area contributed by atoms with E-state index in [1.807, 2.05) is 20.8 Å². The number of esters is 2. The van der Waals surface area contributed by atoms with Crippen molar-refractivity contribution >= 4 is 11.9 Å². The Hall–Kier alpha value is -0.860. The summed E-state index contributed by atoms with van der Waals surface area (Å²) in [6.07, 6.45) is 1.76. The average molecular weight is 214 g/mol. The van der Waals surface area contributed by atoms with Gasteiger partial charge in [0.25, 0.3) is 0 Å². The van der Waals surface area contributed by atoms with Gasteiger partial charge in [-0.1, -0.05) is 20.8 Å². The molecule has 0 aliphatic rings. The van der Waals surface area contributed by atoms with Crippen LogP contribution in [0.2, 0.25) is 0 Å². The van der Waals surface area contributed by atoms with Gasteiger partial charge >= 0.3 is 11.9 Å². The van der Waals surface area contributed by atoms with Crippen LogP contribution in [-0.4, -0.2) is 11.9 Å². The molecular weight excluding hydrogens is 192 g/mol. The monoisotopic (exact) mass is 214 g/mol. The maximum atomic E-state index is 11.5. The lowest BCUT2D eigenvalue weighted by atomic mass is 9.91. The molecule has 0 amide bonds. The van der Waals surface area contributed by atoms with Crippen LogP contribution in [0.4, 0.5) is 0 Å². The number of carbonyl (C=O) groups is 2. The van der Waals surface area contributed by atoms with Crippen molar-refractivity contribution in [1.29, 1.82) is 0 Å². The first-order valence-corrected chi connectivity index (χ1v) is 5.54. The third-order valence-electron chi connectivity index (χ3n) is 2.57. The van der Waals surface area contributed by atoms with Gasteiger partial charge < -0.3 is 4.74 Å². The summed E-state index contributed by atoms with van der Waals surface area (Å²) in [5.74, 6) is -0.374. The second-order valence-corrected chi connectivity index (χ2v) is 4.93. The topological polar surface area (TPSA) is 43.4 Å². The zero-order chi connectivity index (χ0) is 12.1. The van der Waals surface area contributed by atoms with Gasteiger partial charge in [0.15, 0.2) is 0 Å². The minimum atomic E-state index is -0.562. The van der Waals surface area contributed by atoms with Crippen LogP contribution < -0.4 is 0 Å². The zero-order valence-electron chi connectivity index (χ0n) is 10.4. The lowest BCUT2D eigenvalue weighted by Gasteiger charge is -2.19. The highest BCUT2D eigenvalue weighted by atomic mass is 16.6. The first-order valence-electron chi connectivity index (χ1n) is 5.54. The molecule has 0 N–H and O–H groups in total. The van der Waals surface area contributed by atoms with Gasteiger partial charge in [-0.05, 0) is 32.6 Å². The normalized spacial score (nSPS) is 11.6. The molecule has 0 spiro atoms. The van der Waals surface area contributed by atoms with E-state index in [2.05, 4.69) is 0 Å². The number of ether oxygens (including phenoxy) is 1. The third kappa shape index (κ3) is 5.55. The molecule has 0 aliphatic carbocycles. The van der Waals surface area contributed by atoms with Crippen molar-refractivity contribution < 1.29 is 14.3 Å². The molecule has 0 heterocycles. The summed E-state index contributed by atoms with van der Waals surface area (Å²) >= 11 is 0. The molecule has 0 atom stereocenters. The van der Waals surface area contributed by atoms with Crippen LogP contribution in [0.5, 0.6) is 0 Å². The van der Waals surface area contributed by atoms with Gasteiger partial charge in [0.05, 0.1) is 5.41 Å². The third-order valence-corrected chi connectivity index (χ3v) is 2.57. The molecule has 3 heteroatoms. The summed E-state index contributed by atoms with van der Waals surface area (Å²) < 4.78 is 4.78. The predicted molar refractivity (Wildman–Crippen MR) is 59.2 cm³/mol. The Morgan fingerprint density at radius 2 is 1.80 bits per heavy atom. The molecule has 0 radical (unpaired) electrons. The SMILES string of the molecule is CCC(C)(C)C(=O)OC(=O)CCC(C)C. The molecule has 0 saturated carbocycles. The maximum Gasteiger partial charge on any atom is 0.319 e. The standard InChI is InChI=1S/C12H22O3/c1-6-12(4,5)11(14)15-10(13)8-7-9(2)3/h9H,6-8H2,1-5H3. The van der Waals surface area contributed by atoms with Crippen LogP contribution in [0, 0.1) is 11.3 Å². The van der Waals surface area contributed by atoms with Crippen LogP contribution in [0.3, 0.4) is 0 Å². The quantitative estimate of drug-likeness (QED) is 0.522. The van der Waals surface area contributed by atoms with Gasteiger partial charge in [0.1, 0.15) is 0 Å². The highest BCUT2D eigenvalue weighted by Crippen LogP contribution is 2.21. The van der Waals surface area contributed by atoms with Gasteiger partial charge in [0, 0.05) is 6.42 Å². The molecule has 0 bridgehead atoms. The van der Waals surface area contributed by atoms with Gasteiger partial charge in [-0.15, -0.1) is 0 Å². The van der Waals surface area contributed by atoms with E-state index in [1.54, 1.807) is 13.8 Å². The highest BCUT2D eigenvalue weighted by molar-refractivity contribution is 5.88. The van der Waals surface area contributed by atoms with E-state index in [9.17, 15) is 9.59 Å². The summed E-state index contributed by atoms with van der Waals surface area (Å²) in [6, 6.07) is 0. The molecule has 0 saturated heterocycles.